The molecule has 0 aliphatic heterocycles. The molecule has 0 saturated heterocycles. The van der Waals surface area contributed by atoms with Gasteiger partial charge in [0, 0.05) is 18.3 Å². The molecule has 0 aromatic carbocycles. The van der Waals surface area contributed by atoms with Crippen molar-refractivity contribution in [3.63, 3.8) is 0 Å². The van der Waals surface area contributed by atoms with Crippen LogP contribution in [0.2, 0.25) is 0 Å². The van der Waals surface area contributed by atoms with Crippen LogP contribution in [0.5, 0.6) is 0 Å². The molecular formula is C8H9N2. The van der Waals surface area contributed by atoms with Crippen LogP contribution in [0.3, 0.4) is 0 Å². The van der Waals surface area contributed by atoms with Crippen LogP contribution in [0.4, 0.5) is 5.82 Å². The smallest absolute Gasteiger partial charge is 0.134 e. The zero-order valence-corrected chi connectivity index (χ0v) is 5.67. The Hall–Kier alpha value is -1.05. The molecule has 2 nitrogen and oxygen atoms in total. The van der Waals surface area contributed by atoms with Crippen LogP contribution in [0.1, 0.15) is 12.8 Å². The lowest BCUT2D eigenvalue weighted by Gasteiger charge is -1.99. The number of nitrogens with one attached hydrogen (secondary N) is 1. The van der Waals surface area contributed by atoms with Gasteiger partial charge >= 0.3 is 0 Å². The average Bonchev–Trinajstić information content (AvgIpc) is 2.74. The first kappa shape index (κ1) is 5.71. The number of aromatic nitrogens is 1. The lowest BCUT2D eigenvalue weighted by Crippen LogP contribution is -2.01. The van der Waals surface area contributed by atoms with E-state index in [0.717, 1.165) is 5.82 Å². The largest absolute Gasteiger partial charge is 0.367 e. The van der Waals surface area contributed by atoms with E-state index in [-0.39, 0.29) is 0 Å². The molecule has 2 heteroatoms. The highest BCUT2D eigenvalue weighted by atomic mass is 15.0. The second-order valence-electron chi connectivity index (χ2n) is 2.55. The van der Waals surface area contributed by atoms with Crippen molar-refractivity contribution in [1.29, 1.82) is 0 Å². The Balaban J connectivity index is 2.03. The SMILES string of the molecule is [c]1cccnc1NC1CC1. The summed E-state index contributed by atoms with van der Waals surface area (Å²) in [6.07, 6.45) is 4.34. The van der Waals surface area contributed by atoms with E-state index in [1.54, 1.807) is 6.20 Å². The fourth-order valence-corrected chi connectivity index (χ4v) is 0.825. The highest BCUT2D eigenvalue weighted by molar-refractivity contribution is 5.34. The fraction of sp³-hybridized carbons (Fsp3) is 0.375. The van der Waals surface area contributed by atoms with Crippen molar-refractivity contribution in [2.24, 2.45) is 0 Å². The molecule has 1 heterocycles. The van der Waals surface area contributed by atoms with E-state index in [9.17, 15) is 0 Å². The van der Waals surface area contributed by atoms with E-state index in [0.29, 0.717) is 6.04 Å². The van der Waals surface area contributed by atoms with E-state index in [4.69, 9.17) is 0 Å². The molecular weight excluding hydrogens is 124 g/mol. The molecule has 1 fully saturated rings. The topological polar surface area (TPSA) is 24.9 Å². The fourth-order valence-electron chi connectivity index (χ4n) is 0.825. The maximum Gasteiger partial charge on any atom is 0.134 e. The summed E-state index contributed by atoms with van der Waals surface area (Å²) >= 11 is 0. The van der Waals surface area contributed by atoms with E-state index in [1.165, 1.54) is 12.8 Å². The van der Waals surface area contributed by atoms with Crippen molar-refractivity contribution < 1.29 is 0 Å². The molecule has 1 aliphatic rings. The van der Waals surface area contributed by atoms with Crippen LogP contribution in [-0.4, -0.2) is 11.0 Å². The summed E-state index contributed by atoms with van der Waals surface area (Å²) in [6.45, 7) is 0. The van der Waals surface area contributed by atoms with E-state index in [2.05, 4.69) is 16.4 Å². The van der Waals surface area contributed by atoms with Gasteiger partial charge in [0.05, 0.1) is 0 Å². The summed E-state index contributed by atoms with van der Waals surface area (Å²) in [6, 6.07) is 7.44. The summed E-state index contributed by atoms with van der Waals surface area (Å²) in [5.41, 5.74) is 0. The first-order chi connectivity index (χ1) is 4.95. The summed E-state index contributed by atoms with van der Waals surface area (Å²) in [5.74, 6) is 0.880. The second-order valence-corrected chi connectivity index (χ2v) is 2.55. The zero-order valence-electron chi connectivity index (χ0n) is 5.67. The molecule has 1 N–H and O–H groups in total. The second kappa shape index (κ2) is 2.29. The number of pyridine rings is 1. The Labute approximate surface area is 60.3 Å². The lowest BCUT2D eigenvalue weighted by molar-refractivity contribution is 1.11. The average molecular weight is 133 g/mol. The quantitative estimate of drug-likeness (QED) is 0.660. The Morgan fingerprint density at radius 2 is 2.50 bits per heavy atom. The molecule has 1 saturated carbocycles. The highest BCUT2D eigenvalue weighted by Gasteiger charge is 2.20. The number of hydrogen-bond acceptors (Lipinski definition) is 2. The standard InChI is InChI=1S/C8H9N2/c1-2-6-9-8(3-1)10-7-4-5-7/h1-2,6-7H,4-5H2,(H,9,10). The van der Waals surface area contributed by atoms with Crippen LogP contribution in [0.25, 0.3) is 0 Å². The third kappa shape index (κ3) is 1.26. The van der Waals surface area contributed by atoms with Gasteiger partial charge in [-0.3, -0.25) is 0 Å². The molecule has 1 aromatic rings. The summed E-state index contributed by atoms with van der Waals surface area (Å²) in [7, 11) is 0. The number of anilines is 1. The van der Waals surface area contributed by atoms with Crippen molar-refractivity contribution in [3.8, 4) is 0 Å². The predicted molar refractivity (Wildman–Crippen MR) is 39.7 cm³/mol. The van der Waals surface area contributed by atoms with Gasteiger partial charge in [-0.1, -0.05) is 0 Å². The lowest BCUT2D eigenvalue weighted by atomic mass is 10.4. The molecule has 1 radical (unpaired) electrons. The Kier molecular flexibility index (Phi) is 1.31. The van der Waals surface area contributed by atoms with Gasteiger partial charge in [0.1, 0.15) is 5.82 Å². The van der Waals surface area contributed by atoms with E-state index in [1.807, 2.05) is 12.1 Å². The number of hydrogen-bond donors (Lipinski definition) is 1. The Bertz CT molecular complexity index is 204. The molecule has 0 unspecified atom stereocenters. The van der Waals surface area contributed by atoms with Gasteiger partial charge in [-0.25, -0.2) is 4.98 Å². The number of rotatable bonds is 2. The molecule has 0 spiro atoms. The minimum atomic E-state index is 0.672. The first-order valence-electron chi connectivity index (χ1n) is 3.54. The van der Waals surface area contributed by atoms with Crippen LogP contribution in [-0.2, 0) is 0 Å². The molecule has 0 atom stereocenters. The van der Waals surface area contributed by atoms with Gasteiger partial charge in [-0.15, -0.1) is 0 Å². The van der Waals surface area contributed by atoms with Gasteiger partial charge < -0.3 is 5.32 Å². The minimum Gasteiger partial charge on any atom is -0.367 e. The van der Waals surface area contributed by atoms with Crippen LogP contribution in [0, 0.1) is 6.07 Å². The molecule has 0 amide bonds. The summed E-state index contributed by atoms with van der Waals surface area (Å²) < 4.78 is 0. The van der Waals surface area contributed by atoms with Crippen molar-refractivity contribution in [3.05, 3.63) is 24.4 Å². The normalized spacial score (nSPS) is 16.8. The molecule has 1 aromatic heterocycles. The van der Waals surface area contributed by atoms with Gasteiger partial charge in [-0.05, 0) is 25.0 Å². The maximum absolute atomic E-state index is 4.09. The van der Waals surface area contributed by atoms with Crippen molar-refractivity contribution >= 4 is 5.82 Å². The first-order valence-corrected chi connectivity index (χ1v) is 3.54. The van der Waals surface area contributed by atoms with Crippen molar-refractivity contribution in [2.75, 3.05) is 5.32 Å². The molecule has 2 rings (SSSR count). The van der Waals surface area contributed by atoms with E-state index >= 15 is 0 Å². The van der Waals surface area contributed by atoms with Crippen LogP contribution < -0.4 is 5.32 Å². The molecule has 51 valence electrons. The summed E-state index contributed by atoms with van der Waals surface area (Å²) in [4.78, 5) is 4.09. The van der Waals surface area contributed by atoms with Gasteiger partial charge in [-0.2, -0.15) is 0 Å². The molecule has 1 aliphatic carbocycles. The molecule has 0 bridgehead atoms. The van der Waals surface area contributed by atoms with Crippen LogP contribution in [0.15, 0.2) is 18.3 Å². The Morgan fingerprint density at radius 1 is 1.60 bits per heavy atom. The highest BCUT2D eigenvalue weighted by Crippen LogP contribution is 2.22. The molecule has 10 heavy (non-hydrogen) atoms. The monoisotopic (exact) mass is 133 g/mol. The van der Waals surface area contributed by atoms with Gasteiger partial charge in [0.2, 0.25) is 0 Å². The maximum atomic E-state index is 4.09. The van der Waals surface area contributed by atoms with Gasteiger partial charge in [0.15, 0.2) is 0 Å². The van der Waals surface area contributed by atoms with Gasteiger partial charge in [0.25, 0.3) is 0 Å². The summed E-state index contributed by atoms with van der Waals surface area (Å²) in [5, 5.41) is 3.25. The minimum absolute atomic E-state index is 0.672. The van der Waals surface area contributed by atoms with Crippen LogP contribution >= 0.6 is 0 Å². The third-order valence-corrected chi connectivity index (χ3v) is 1.52. The number of nitrogens with zero attached hydrogens (tertiary/aromatic N) is 1. The van der Waals surface area contributed by atoms with E-state index < -0.39 is 0 Å². The van der Waals surface area contributed by atoms with Crippen molar-refractivity contribution in [2.45, 2.75) is 18.9 Å². The predicted octanol–water partition coefficient (Wildman–Crippen LogP) is 1.46. The van der Waals surface area contributed by atoms with Crippen molar-refractivity contribution in [1.82, 2.24) is 4.98 Å². The third-order valence-electron chi connectivity index (χ3n) is 1.52. The zero-order chi connectivity index (χ0) is 6.81. The Morgan fingerprint density at radius 3 is 3.10 bits per heavy atom.